The molecule has 0 spiro atoms. The predicted molar refractivity (Wildman–Crippen MR) is 92.0 cm³/mol. The largest absolute Gasteiger partial charge is 0.459 e. The first-order valence-corrected chi connectivity index (χ1v) is 9.11. The Morgan fingerprint density at radius 1 is 1.26 bits per heavy atom. The summed E-state index contributed by atoms with van der Waals surface area (Å²) in [5, 5.41) is 0. The Bertz CT molecular complexity index is 444. The summed E-state index contributed by atoms with van der Waals surface area (Å²) in [6.07, 6.45) is 4.17. The van der Waals surface area contributed by atoms with Gasteiger partial charge in [-0.1, -0.05) is 20.8 Å². The van der Waals surface area contributed by atoms with Crippen LogP contribution in [0.2, 0.25) is 0 Å². The number of hydrogen-bond acceptors (Lipinski definition) is 3. The molecule has 0 aromatic rings. The fourth-order valence-corrected chi connectivity index (χ4v) is 4.55. The van der Waals surface area contributed by atoms with Crippen molar-refractivity contribution in [2.75, 3.05) is 33.8 Å². The Kier molecular flexibility index (Phi) is 5.18. The fraction of sp³-hybridized carbons (Fsp3) is 0.947. The molecule has 2 bridgehead atoms. The van der Waals surface area contributed by atoms with E-state index in [9.17, 15) is 4.79 Å². The highest BCUT2D eigenvalue weighted by atomic mass is 16.5. The Morgan fingerprint density at radius 2 is 1.91 bits per heavy atom. The van der Waals surface area contributed by atoms with Crippen LogP contribution in [-0.4, -0.2) is 56.5 Å². The summed E-state index contributed by atoms with van der Waals surface area (Å²) in [6, 6.07) is 0. The minimum Gasteiger partial charge on any atom is -0.459 e. The standard InChI is InChI=1S/C19H36NO3/c1-14(2)23-17(21)13-20(6,7)10-11-22-16-12-15-8-9-19(16,5)18(15,3)4/h14-16H,8-13H2,1-7H3/q+1/t15-,16-,19-/m1/s1. The molecule has 4 nitrogen and oxygen atoms in total. The fourth-order valence-electron chi connectivity index (χ4n) is 4.55. The van der Waals surface area contributed by atoms with Gasteiger partial charge in [-0.05, 0) is 49.9 Å². The molecule has 4 heteroatoms. The first-order chi connectivity index (χ1) is 10.5. The molecule has 0 aromatic carbocycles. The predicted octanol–water partition coefficient (Wildman–Crippen LogP) is 3.25. The van der Waals surface area contributed by atoms with E-state index >= 15 is 0 Å². The summed E-state index contributed by atoms with van der Waals surface area (Å²) < 4.78 is 12.2. The van der Waals surface area contributed by atoms with Gasteiger partial charge in [0.2, 0.25) is 0 Å². The lowest BCUT2D eigenvalue weighted by atomic mass is 9.70. The van der Waals surface area contributed by atoms with E-state index in [0.29, 0.717) is 34.6 Å². The second kappa shape index (κ2) is 6.36. The molecule has 23 heavy (non-hydrogen) atoms. The first kappa shape index (κ1) is 18.7. The summed E-state index contributed by atoms with van der Waals surface area (Å²) in [7, 11) is 4.13. The number of ether oxygens (including phenoxy) is 2. The van der Waals surface area contributed by atoms with Crippen molar-refractivity contribution in [1.29, 1.82) is 0 Å². The van der Waals surface area contributed by atoms with Gasteiger partial charge in [0.15, 0.2) is 6.54 Å². The van der Waals surface area contributed by atoms with E-state index in [0.717, 1.165) is 12.5 Å². The van der Waals surface area contributed by atoms with Gasteiger partial charge in [-0.25, -0.2) is 4.79 Å². The highest BCUT2D eigenvalue weighted by Gasteiger charge is 2.61. The maximum Gasteiger partial charge on any atom is 0.362 e. The van der Waals surface area contributed by atoms with Gasteiger partial charge >= 0.3 is 5.97 Å². The number of fused-ring (bicyclic) bond motifs is 2. The van der Waals surface area contributed by atoms with Gasteiger partial charge in [-0.3, -0.25) is 0 Å². The minimum atomic E-state index is -0.127. The van der Waals surface area contributed by atoms with Crippen LogP contribution in [0, 0.1) is 16.7 Å². The van der Waals surface area contributed by atoms with Crippen molar-refractivity contribution >= 4 is 5.97 Å². The maximum absolute atomic E-state index is 11.9. The van der Waals surface area contributed by atoms with Gasteiger partial charge in [-0.2, -0.15) is 0 Å². The summed E-state index contributed by atoms with van der Waals surface area (Å²) in [5.41, 5.74) is 0.703. The molecular formula is C19H36NO3+. The molecule has 0 saturated heterocycles. The lowest BCUT2D eigenvalue weighted by Crippen LogP contribution is -2.47. The van der Waals surface area contributed by atoms with Gasteiger partial charge in [0.1, 0.15) is 6.54 Å². The molecule has 134 valence electrons. The van der Waals surface area contributed by atoms with Crippen LogP contribution in [0.5, 0.6) is 0 Å². The van der Waals surface area contributed by atoms with Gasteiger partial charge < -0.3 is 14.0 Å². The molecule has 0 aliphatic heterocycles. The van der Waals surface area contributed by atoms with Crippen LogP contribution in [0.4, 0.5) is 0 Å². The van der Waals surface area contributed by atoms with Crippen LogP contribution < -0.4 is 0 Å². The minimum absolute atomic E-state index is 0.0463. The molecule has 0 heterocycles. The zero-order chi connectivity index (χ0) is 17.5. The van der Waals surface area contributed by atoms with Crippen LogP contribution in [0.1, 0.15) is 53.9 Å². The maximum atomic E-state index is 11.9. The molecular weight excluding hydrogens is 290 g/mol. The van der Waals surface area contributed by atoms with Crippen molar-refractivity contribution in [1.82, 2.24) is 0 Å². The second-order valence-corrected chi connectivity index (χ2v) is 9.33. The van der Waals surface area contributed by atoms with Crippen molar-refractivity contribution in [2.24, 2.45) is 16.7 Å². The molecule has 0 aromatic heterocycles. The van der Waals surface area contributed by atoms with Crippen molar-refractivity contribution in [3.05, 3.63) is 0 Å². The third-order valence-electron chi connectivity index (χ3n) is 6.65. The van der Waals surface area contributed by atoms with Crippen LogP contribution in [0.25, 0.3) is 0 Å². The molecule has 2 aliphatic rings. The lowest BCUT2D eigenvalue weighted by Gasteiger charge is -2.39. The van der Waals surface area contributed by atoms with E-state index < -0.39 is 0 Å². The van der Waals surface area contributed by atoms with E-state index in [1.807, 2.05) is 13.8 Å². The second-order valence-electron chi connectivity index (χ2n) is 9.33. The highest BCUT2D eigenvalue weighted by Crippen LogP contribution is 2.66. The molecule has 0 N–H and O–H groups in total. The van der Waals surface area contributed by atoms with E-state index in [1.54, 1.807) is 0 Å². The lowest BCUT2D eigenvalue weighted by molar-refractivity contribution is -0.883. The summed E-state index contributed by atoms with van der Waals surface area (Å²) >= 11 is 0. The zero-order valence-electron chi connectivity index (χ0n) is 16.1. The molecule has 2 saturated carbocycles. The number of quaternary nitrogens is 1. The number of nitrogens with zero attached hydrogens (tertiary/aromatic N) is 1. The number of rotatable bonds is 7. The van der Waals surface area contributed by atoms with E-state index in [1.165, 1.54) is 19.3 Å². The molecule has 2 rings (SSSR count). The van der Waals surface area contributed by atoms with Gasteiger partial charge in [0.25, 0.3) is 0 Å². The van der Waals surface area contributed by atoms with Gasteiger partial charge in [-0.15, -0.1) is 0 Å². The Hall–Kier alpha value is -0.610. The number of hydrogen-bond donors (Lipinski definition) is 0. The number of esters is 1. The normalized spacial score (nSPS) is 32.5. The van der Waals surface area contributed by atoms with Crippen molar-refractivity contribution in [2.45, 2.75) is 66.1 Å². The van der Waals surface area contributed by atoms with Crippen molar-refractivity contribution < 1.29 is 18.8 Å². The summed E-state index contributed by atoms with van der Waals surface area (Å²) in [6.45, 7) is 13.0. The molecule has 0 amide bonds. The third kappa shape index (κ3) is 3.74. The topological polar surface area (TPSA) is 35.5 Å². The number of carbonyl (C=O) groups excluding carboxylic acids is 1. The molecule has 3 atom stereocenters. The smallest absolute Gasteiger partial charge is 0.362 e. The number of likely N-dealkylation sites (N-methyl/N-ethyl adjacent to an activating group) is 1. The monoisotopic (exact) mass is 326 g/mol. The summed E-state index contributed by atoms with van der Waals surface area (Å²) in [5.74, 6) is 0.680. The average molecular weight is 327 g/mol. The van der Waals surface area contributed by atoms with E-state index in [4.69, 9.17) is 9.47 Å². The SMILES string of the molecule is CC(C)OC(=O)C[N+](C)(C)CCO[C@@H]1C[C@H]2CC[C@@]1(C)C2(C)C. The molecule has 0 unspecified atom stereocenters. The van der Waals surface area contributed by atoms with Crippen LogP contribution in [-0.2, 0) is 14.3 Å². The average Bonchev–Trinajstić information content (AvgIpc) is 2.69. The van der Waals surface area contributed by atoms with Crippen LogP contribution in [0.3, 0.4) is 0 Å². The quantitative estimate of drug-likeness (QED) is 0.532. The van der Waals surface area contributed by atoms with Crippen LogP contribution in [0.15, 0.2) is 0 Å². The molecule has 0 radical (unpaired) electrons. The third-order valence-corrected chi connectivity index (χ3v) is 6.65. The zero-order valence-corrected chi connectivity index (χ0v) is 16.1. The van der Waals surface area contributed by atoms with Gasteiger partial charge in [0, 0.05) is 0 Å². The van der Waals surface area contributed by atoms with Gasteiger partial charge in [0.05, 0.1) is 32.9 Å². The van der Waals surface area contributed by atoms with Crippen LogP contribution >= 0.6 is 0 Å². The molecule has 2 aliphatic carbocycles. The van der Waals surface area contributed by atoms with E-state index in [2.05, 4.69) is 34.9 Å². The Morgan fingerprint density at radius 3 is 2.39 bits per heavy atom. The van der Waals surface area contributed by atoms with E-state index in [-0.39, 0.29) is 12.1 Å². The molecule has 2 fully saturated rings. The van der Waals surface area contributed by atoms with Crippen molar-refractivity contribution in [3.63, 3.8) is 0 Å². The Balaban J connectivity index is 1.80. The van der Waals surface area contributed by atoms with Crippen molar-refractivity contribution in [3.8, 4) is 0 Å². The highest BCUT2D eigenvalue weighted by molar-refractivity contribution is 5.70. The number of carbonyl (C=O) groups is 1. The Labute approximate surface area is 142 Å². The first-order valence-electron chi connectivity index (χ1n) is 9.11. The summed E-state index contributed by atoms with van der Waals surface area (Å²) in [4.78, 5) is 11.9.